The molecule has 0 aliphatic carbocycles. The Morgan fingerprint density at radius 3 is 2.75 bits per heavy atom. The summed E-state index contributed by atoms with van der Waals surface area (Å²) in [6.45, 7) is 2.25. The fraction of sp³-hybridized carbons (Fsp3) is 0.364. The first kappa shape index (κ1) is 12.9. The summed E-state index contributed by atoms with van der Waals surface area (Å²) in [7, 11) is -1.17. The molecule has 88 valence electrons. The Hall–Kier alpha value is -1.20. The van der Waals surface area contributed by atoms with E-state index in [1.165, 1.54) is 0 Å². The summed E-state index contributed by atoms with van der Waals surface area (Å²) in [6, 6.07) is 7.47. The number of amides is 1. The van der Waals surface area contributed by atoms with Gasteiger partial charge in [0.15, 0.2) is 0 Å². The SMILES string of the molecule is Cc1ccccc1NC(=O)CS(=O)CCN. The van der Waals surface area contributed by atoms with Crippen LogP contribution in [0.25, 0.3) is 0 Å². The molecule has 0 heterocycles. The summed E-state index contributed by atoms with van der Waals surface area (Å²) >= 11 is 0. The number of aryl methyl sites for hydroxylation is 1. The highest BCUT2D eigenvalue weighted by Crippen LogP contribution is 2.12. The summed E-state index contributed by atoms with van der Waals surface area (Å²) in [5, 5.41) is 2.73. The summed E-state index contributed by atoms with van der Waals surface area (Å²) in [4.78, 5) is 11.5. The number of benzene rings is 1. The summed E-state index contributed by atoms with van der Waals surface area (Å²) in [5.41, 5.74) is 7.00. The second kappa shape index (κ2) is 6.40. The molecule has 1 unspecified atom stereocenters. The van der Waals surface area contributed by atoms with Crippen LogP contribution in [0.2, 0.25) is 0 Å². The van der Waals surface area contributed by atoms with E-state index >= 15 is 0 Å². The number of hydrogen-bond acceptors (Lipinski definition) is 3. The number of nitrogens with one attached hydrogen (secondary N) is 1. The lowest BCUT2D eigenvalue weighted by molar-refractivity contribution is -0.113. The van der Waals surface area contributed by atoms with Crippen LogP contribution in [-0.2, 0) is 15.6 Å². The van der Waals surface area contributed by atoms with Gasteiger partial charge in [-0.05, 0) is 18.6 Å². The first-order valence-electron chi connectivity index (χ1n) is 5.04. The van der Waals surface area contributed by atoms with Crippen molar-refractivity contribution in [2.75, 3.05) is 23.4 Å². The second-order valence-corrected chi connectivity index (χ2v) is 5.02. The smallest absolute Gasteiger partial charge is 0.236 e. The normalized spacial score (nSPS) is 12.1. The first-order chi connectivity index (χ1) is 7.63. The van der Waals surface area contributed by atoms with Gasteiger partial charge in [0.25, 0.3) is 0 Å². The minimum absolute atomic E-state index is 0.00549. The highest BCUT2D eigenvalue weighted by molar-refractivity contribution is 7.85. The quantitative estimate of drug-likeness (QED) is 0.793. The average Bonchev–Trinajstić information content (AvgIpc) is 2.21. The van der Waals surface area contributed by atoms with Crippen LogP contribution >= 0.6 is 0 Å². The van der Waals surface area contributed by atoms with Crippen molar-refractivity contribution in [1.29, 1.82) is 0 Å². The number of rotatable bonds is 5. The van der Waals surface area contributed by atoms with Crippen LogP contribution in [0.1, 0.15) is 5.56 Å². The van der Waals surface area contributed by atoms with E-state index < -0.39 is 10.8 Å². The fourth-order valence-electron chi connectivity index (χ4n) is 1.25. The van der Waals surface area contributed by atoms with Crippen LogP contribution in [-0.4, -0.2) is 28.2 Å². The van der Waals surface area contributed by atoms with Crippen LogP contribution in [0.15, 0.2) is 24.3 Å². The van der Waals surface area contributed by atoms with Crippen molar-refractivity contribution in [2.24, 2.45) is 5.73 Å². The highest BCUT2D eigenvalue weighted by atomic mass is 32.2. The molecule has 0 fully saturated rings. The molecule has 5 heteroatoms. The van der Waals surface area contributed by atoms with E-state index in [4.69, 9.17) is 5.73 Å². The Labute approximate surface area is 97.7 Å². The van der Waals surface area contributed by atoms with E-state index in [0.29, 0.717) is 12.3 Å². The van der Waals surface area contributed by atoms with Crippen molar-refractivity contribution in [2.45, 2.75) is 6.92 Å². The molecule has 1 aromatic rings. The first-order valence-corrected chi connectivity index (χ1v) is 6.53. The molecule has 0 bridgehead atoms. The highest BCUT2D eigenvalue weighted by Gasteiger charge is 2.08. The minimum atomic E-state index is -1.17. The van der Waals surface area contributed by atoms with Crippen molar-refractivity contribution in [1.82, 2.24) is 0 Å². The standard InChI is InChI=1S/C11H16N2O2S/c1-9-4-2-3-5-10(9)13-11(14)8-16(15)7-6-12/h2-5H,6-8,12H2,1H3,(H,13,14). The molecule has 1 rings (SSSR count). The largest absolute Gasteiger partial charge is 0.330 e. The molecular formula is C11H16N2O2S. The van der Waals surface area contributed by atoms with Crippen molar-refractivity contribution < 1.29 is 9.00 Å². The summed E-state index contributed by atoms with van der Waals surface area (Å²) in [5.74, 6) is 0.133. The van der Waals surface area contributed by atoms with Gasteiger partial charge < -0.3 is 11.1 Å². The lowest BCUT2D eigenvalue weighted by Crippen LogP contribution is -2.23. The van der Waals surface area contributed by atoms with E-state index in [1.807, 2.05) is 31.2 Å². The zero-order valence-corrected chi connectivity index (χ0v) is 10.0. The van der Waals surface area contributed by atoms with Crippen LogP contribution in [0.3, 0.4) is 0 Å². The summed E-state index contributed by atoms with van der Waals surface area (Å²) < 4.78 is 11.3. The maximum absolute atomic E-state index is 11.5. The van der Waals surface area contributed by atoms with Gasteiger partial charge in [0.1, 0.15) is 5.75 Å². The van der Waals surface area contributed by atoms with E-state index in [1.54, 1.807) is 0 Å². The van der Waals surface area contributed by atoms with Gasteiger partial charge in [0, 0.05) is 28.8 Å². The number of para-hydroxylation sites is 1. The molecule has 3 N–H and O–H groups in total. The lowest BCUT2D eigenvalue weighted by atomic mass is 10.2. The molecule has 1 aromatic carbocycles. The van der Waals surface area contributed by atoms with Gasteiger partial charge in [-0.1, -0.05) is 18.2 Å². The predicted molar refractivity (Wildman–Crippen MR) is 66.7 cm³/mol. The average molecular weight is 240 g/mol. The molecule has 0 saturated carbocycles. The number of nitrogens with two attached hydrogens (primary N) is 1. The Balaban J connectivity index is 2.52. The van der Waals surface area contributed by atoms with Crippen molar-refractivity contribution >= 4 is 22.4 Å². The molecule has 1 amide bonds. The van der Waals surface area contributed by atoms with Crippen LogP contribution in [0.4, 0.5) is 5.69 Å². The molecule has 0 aliphatic heterocycles. The maximum atomic E-state index is 11.5. The topological polar surface area (TPSA) is 72.2 Å². The van der Waals surface area contributed by atoms with Gasteiger partial charge in [0.05, 0.1) is 0 Å². The lowest BCUT2D eigenvalue weighted by Gasteiger charge is -2.07. The van der Waals surface area contributed by atoms with E-state index in [-0.39, 0.29) is 11.7 Å². The third kappa shape index (κ3) is 4.12. The maximum Gasteiger partial charge on any atom is 0.236 e. The number of hydrogen-bond donors (Lipinski definition) is 2. The molecule has 4 nitrogen and oxygen atoms in total. The zero-order valence-electron chi connectivity index (χ0n) is 9.23. The third-order valence-corrected chi connectivity index (χ3v) is 3.33. The molecule has 0 radical (unpaired) electrons. The summed E-state index contributed by atoms with van der Waals surface area (Å²) in [6.07, 6.45) is 0. The molecule has 0 aliphatic rings. The Morgan fingerprint density at radius 2 is 2.12 bits per heavy atom. The van der Waals surface area contributed by atoms with Gasteiger partial charge in [-0.25, -0.2) is 0 Å². The Morgan fingerprint density at radius 1 is 1.44 bits per heavy atom. The zero-order chi connectivity index (χ0) is 12.0. The van der Waals surface area contributed by atoms with Gasteiger partial charge in [0.2, 0.25) is 5.91 Å². The third-order valence-electron chi connectivity index (χ3n) is 2.06. The number of carbonyl (C=O) groups excluding carboxylic acids is 1. The molecule has 16 heavy (non-hydrogen) atoms. The molecular weight excluding hydrogens is 224 g/mol. The van der Waals surface area contributed by atoms with Crippen molar-refractivity contribution in [3.05, 3.63) is 29.8 Å². The number of carbonyl (C=O) groups is 1. The molecule has 0 saturated heterocycles. The van der Waals surface area contributed by atoms with E-state index in [9.17, 15) is 9.00 Å². The van der Waals surface area contributed by atoms with Gasteiger partial charge in [-0.3, -0.25) is 9.00 Å². The van der Waals surface area contributed by atoms with Gasteiger partial charge >= 0.3 is 0 Å². The molecule has 1 atom stereocenters. The van der Waals surface area contributed by atoms with Crippen molar-refractivity contribution in [3.8, 4) is 0 Å². The molecule has 0 spiro atoms. The Kier molecular flexibility index (Phi) is 5.14. The van der Waals surface area contributed by atoms with E-state index in [2.05, 4.69) is 5.32 Å². The predicted octanol–water partition coefficient (Wildman–Crippen LogP) is 0.641. The Bertz CT molecular complexity index is 393. The molecule has 0 aromatic heterocycles. The van der Waals surface area contributed by atoms with Gasteiger partial charge in [-0.15, -0.1) is 0 Å². The fourth-order valence-corrected chi connectivity index (χ4v) is 2.02. The van der Waals surface area contributed by atoms with Crippen LogP contribution in [0.5, 0.6) is 0 Å². The monoisotopic (exact) mass is 240 g/mol. The van der Waals surface area contributed by atoms with E-state index in [0.717, 1.165) is 11.3 Å². The number of anilines is 1. The van der Waals surface area contributed by atoms with Crippen LogP contribution < -0.4 is 11.1 Å². The second-order valence-electron chi connectivity index (χ2n) is 3.44. The minimum Gasteiger partial charge on any atom is -0.330 e. The van der Waals surface area contributed by atoms with Crippen molar-refractivity contribution in [3.63, 3.8) is 0 Å². The van der Waals surface area contributed by atoms with Gasteiger partial charge in [-0.2, -0.15) is 0 Å². The van der Waals surface area contributed by atoms with Crippen LogP contribution in [0, 0.1) is 6.92 Å².